The van der Waals surface area contributed by atoms with Gasteiger partial charge in [-0.1, -0.05) is 0 Å². The quantitative estimate of drug-likeness (QED) is 0.662. The fourth-order valence-electron chi connectivity index (χ4n) is 0.676. The van der Waals surface area contributed by atoms with Gasteiger partial charge in [0, 0.05) is 4.88 Å². The lowest BCUT2D eigenvalue weighted by molar-refractivity contribution is 0.146. The van der Waals surface area contributed by atoms with Gasteiger partial charge in [-0.05, 0) is 25.5 Å². The van der Waals surface area contributed by atoms with E-state index in [9.17, 15) is 4.79 Å². The molecule has 0 unspecified atom stereocenters. The molecule has 0 saturated heterocycles. The summed E-state index contributed by atoms with van der Waals surface area (Å²) in [5.74, 6) is 0. The molecule has 0 bridgehead atoms. The highest BCUT2D eigenvalue weighted by atomic mass is 32.1. The highest BCUT2D eigenvalue weighted by Crippen LogP contribution is 2.27. The van der Waals surface area contributed by atoms with E-state index in [1.54, 1.807) is 6.07 Å². The summed E-state index contributed by atoms with van der Waals surface area (Å²) in [6, 6.07) is 1.72. The number of ether oxygens (including phenoxy) is 1. The van der Waals surface area contributed by atoms with Crippen LogP contribution in [0.25, 0.3) is 0 Å². The Hall–Kier alpha value is -1.03. The molecule has 1 aromatic rings. The van der Waals surface area contributed by atoms with Gasteiger partial charge in [-0.3, -0.25) is 0 Å². The molecule has 1 heterocycles. The Morgan fingerprint density at radius 1 is 1.64 bits per heavy atom. The molecule has 11 heavy (non-hydrogen) atoms. The van der Waals surface area contributed by atoms with Gasteiger partial charge < -0.3 is 9.84 Å². The highest BCUT2D eigenvalue weighted by molar-refractivity contribution is 7.14. The Bertz CT molecular complexity index is 258. The fraction of sp³-hybridized carbons (Fsp3) is 0.286. The second-order valence-corrected chi connectivity index (χ2v) is 3.39. The minimum Gasteiger partial charge on any atom is -0.449 e. The van der Waals surface area contributed by atoms with Gasteiger partial charge in [-0.15, -0.1) is 11.3 Å². The van der Waals surface area contributed by atoms with Gasteiger partial charge >= 0.3 is 6.16 Å². The van der Waals surface area contributed by atoms with Gasteiger partial charge in [0.05, 0.1) is 0 Å². The van der Waals surface area contributed by atoms with Crippen molar-refractivity contribution in [2.45, 2.75) is 13.8 Å². The molecule has 0 fully saturated rings. The minimum atomic E-state index is -1.26. The molecule has 0 aliphatic carbocycles. The number of hydrogen-bond acceptors (Lipinski definition) is 3. The Morgan fingerprint density at radius 2 is 2.27 bits per heavy atom. The number of carbonyl (C=O) groups is 1. The van der Waals surface area contributed by atoms with Crippen molar-refractivity contribution in [2.75, 3.05) is 0 Å². The average molecular weight is 172 g/mol. The number of hydrogen-bond donors (Lipinski definition) is 1. The summed E-state index contributed by atoms with van der Waals surface area (Å²) < 4.78 is 4.45. The number of aryl methyl sites for hydroxylation is 2. The Labute approximate surface area is 68.2 Å². The van der Waals surface area contributed by atoms with E-state index in [1.165, 1.54) is 11.3 Å². The Morgan fingerprint density at radius 3 is 2.64 bits per heavy atom. The monoisotopic (exact) mass is 172 g/mol. The lowest BCUT2D eigenvalue weighted by atomic mass is 10.3. The van der Waals surface area contributed by atoms with Crippen molar-refractivity contribution in [2.24, 2.45) is 0 Å². The largest absolute Gasteiger partial charge is 0.512 e. The molecule has 0 aliphatic heterocycles. The van der Waals surface area contributed by atoms with Gasteiger partial charge in [0.15, 0.2) is 5.06 Å². The van der Waals surface area contributed by atoms with Gasteiger partial charge in [-0.2, -0.15) is 0 Å². The van der Waals surface area contributed by atoms with Crippen molar-refractivity contribution in [3.63, 3.8) is 0 Å². The molecule has 1 aromatic heterocycles. The highest BCUT2D eigenvalue weighted by Gasteiger charge is 2.05. The Kier molecular flexibility index (Phi) is 2.14. The van der Waals surface area contributed by atoms with Crippen molar-refractivity contribution in [3.8, 4) is 5.06 Å². The van der Waals surface area contributed by atoms with Crippen LogP contribution in [-0.4, -0.2) is 11.3 Å². The van der Waals surface area contributed by atoms with E-state index in [1.807, 2.05) is 13.8 Å². The Balaban J connectivity index is 2.81. The van der Waals surface area contributed by atoms with E-state index in [-0.39, 0.29) is 0 Å². The molecule has 0 spiro atoms. The van der Waals surface area contributed by atoms with Crippen LogP contribution in [0.4, 0.5) is 4.79 Å². The van der Waals surface area contributed by atoms with E-state index in [2.05, 4.69) is 4.74 Å². The van der Waals surface area contributed by atoms with Gasteiger partial charge in [0.1, 0.15) is 0 Å². The van der Waals surface area contributed by atoms with Crippen molar-refractivity contribution in [3.05, 3.63) is 16.5 Å². The maximum Gasteiger partial charge on any atom is 0.512 e. The summed E-state index contributed by atoms with van der Waals surface area (Å²) in [5, 5.41) is 8.69. The lowest BCUT2D eigenvalue weighted by Gasteiger charge is -1.90. The van der Waals surface area contributed by atoms with Crippen LogP contribution in [-0.2, 0) is 0 Å². The summed E-state index contributed by atoms with van der Waals surface area (Å²) in [4.78, 5) is 11.2. The fourth-order valence-corrected chi connectivity index (χ4v) is 1.55. The van der Waals surface area contributed by atoms with Crippen LogP contribution < -0.4 is 4.74 Å². The molecule has 4 heteroatoms. The van der Waals surface area contributed by atoms with E-state index in [0.717, 1.165) is 10.4 Å². The first-order valence-electron chi connectivity index (χ1n) is 3.07. The molecule has 0 atom stereocenters. The molecule has 0 radical (unpaired) electrons. The zero-order valence-electron chi connectivity index (χ0n) is 6.25. The molecular weight excluding hydrogens is 164 g/mol. The van der Waals surface area contributed by atoms with Crippen molar-refractivity contribution < 1.29 is 14.6 Å². The molecule has 60 valence electrons. The first-order chi connectivity index (χ1) is 5.09. The van der Waals surface area contributed by atoms with E-state index >= 15 is 0 Å². The predicted octanol–water partition coefficient (Wildman–Crippen LogP) is 2.42. The van der Waals surface area contributed by atoms with Crippen molar-refractivity contribution >= 4 is 17.5 Å². The smallest absolute Gasteiger partial charge is 0.449 e. The van der Waals surface area contributed by atoms with Crippen molar-refractivity contribution in [1.82, 2.24) is 0 Å². The summed E-state index contributed by atoms with van der Waals surface area (Å²) in [7, 11) is 0. The van der Waals surface area contributed by atoms with Crippen LogP contribution in [0.5, 0.6) is 5.06 Å². The molecule has 0 aromatic carbocycles. The predicted molar refractivity (Wildman–Crippen MR) is 42.4 cm³/mol. The van der Waals surface area contributed by atoms with Crippen LogP contribution >= 0.6 is 11.3 Å². The second kappa shape index (κ2) is 2.92. The molecule has 1 rings (SSSR count). The van der Waals surface area contributed by atoms with Gasteiger partial charge in [-0.25, -0.2) is 4.79 Å². The number of carboxylic acid groups (broad SMARTS) is 1. The van der Waals surface area contributed by atoms with Crippen LogP contribution in [0.15, 0.2) is 6.07 Å². The second-order valence-electron chi connectivity index (χ2n) is 2.17. The van der Waals surface area contributed by atoms with Crippen LogP contribution in [0.2, 0.25) is 0 Å². The molecular formula is C7H8O3S. The first-order valence-corrected chi connectivity index (χ1v) is 3.89. The zero-order valence-corrected chi connectivity index (χ0v) is 7.07. The van der Waals surface area contributed by atoms with E-state index in [0.29, 0.717) is 5.06 Å². The third-order valence-electron chi connectivity index (χ3n) is 1.33. The minimum absolute atomic E-state index is 0.438. The van der Waals surface area contributed by atoms with Crippen molar-refractivity contribution in [1.29, 1.82) is 0 Å². The standard InChI is InChI=1S/C7H8O3S/c1-4-3-6(10-7(8)9)11-5(4)2/h3H,1-2H3,(H,8,9). The summed E-state index contributed by atoms with van der Waals surface area (Å²) in [6.45, 7) is 3.84. The topological polar surface area (TPSA) is 46.5 Å². The average Bonchev–Trinajstić information content (AvgIpc) is 2.10. The zero-order chi connectivity index (χ0) is 8.43. The number of thiophene rings is 1. The van der Waals surface area contributed by atoms with E-state index in [4.69, 9.17) is 5.11 Å². The molecule has 0 amide bonds. The SMILES string of the molecule is Cc1cc(OC(=O)O)sc1C. The van der Waals surface area contributed by atoms with Crippen LogP contribution in [0.1, 0.15) is 10.4 Å². The molecule has 3 nitrogen and oxygen atoms in total. The number of rotatable bonds is 1. The van der Waals surface area contributed by atoms with E-state index < -0.39 is 6.16 Å². The van der Waals surface area contributed by atoms with Crippen LogP contribution in [0, 0.1) is 13.8 Å². The van der Waals surface area contributed by atoms with Gasteiger partial charge in [0.25, 0.3) is 0 Å². The first kappa shape index (κ1) is 8.07. The summed E-state index contributed by atoms with van der Waals surface area (Å²) in [6.07, 6.45) is -1.26. The van der Waals surface area contributed by atoms with Gasteiger partial charge in [0.2, 0.25) is 0 Å². The lowest BCUT2D eigenvalue weighted by Crippen LogP contribution is -2.00. The normalized spacial score (nSPS) is 9.64. The summed E-state index contributed by atoms with van der Waals surface area (Å²) >= 11 is 1.34. The third kappa shape index (κ3) is 1.94. The third-order valence-corrected chi connectivity index (χ3v) is 2.36. The summed E-state index contributed by atoms with van der Waals surface area (Å²) in [5.41, 5.74) is 1.06. The molecule has 1 N–H and O–H groups in total. The maximum atomic E-state index is 10.1. The van der Waals surface area contributed by atoms with Crippen LogP contribution in [0.3, 0.4) is 0 Å². The molecule has 0 aliphatic rings. The maximum absolute atomic E-state index is 10.1. The molecule has 0 saturated carbocycles.